The molecule has 0 aliphatic carbocycles. The zero-order valence-electron chi connectivity index (χ0n) is 41.9. The van der Waals surface area contributed by atoms with Gasteiger partial charge in [0.25, 0.3) is 0 Å². The number of aryl methyl sites for hydroxylation is 1. The van der Waals surface area contributed by atoms with Crippen molar-refractivity contribution in [2.24, 2.45) is 0 Å². The van der Waals surface area contributed by atoms with Crippen molar-refractivity contribution in [2.45, 2.75) is 127 Å². The van der Waals surface area contributed by atoms with Crippen LogP contribution in [0.2, 0.25) is 0 Å². The zero-order chi connectivity index (χ0) is 51.1. The fraction of sp³-hybridized carbons (Fsp3) is 0.519. The van der Waals surface area contributed by atoms with E-state index in [9.17, 15) is 19.6 Å². The Kier molecular flexibility index (Phi) is 12.9. The Morgan fingerprint density at radius 2 is 1.61 bits per heavy atom. The molecule has 7 atom stereocenters. The number of hydrogen-bond acceptors (Lipinski definition) is 19. The van der Waals surface area contributed by atoms with E-state index in [1.807, 2.05) is 13.0 Å². The molecule has 18 nitrogen and oxygen atoms in total. The molecule has 2 saturated heterocycles. The average Bonchev–Trinajstić information content (AvgIpc) is 3.78. The fourth-order valence-corrected chi connectivity index (χ4v) is 13.0. The lowest BCUT2D eigenvalue weighted by molar-refractivity contribution is -0.157. The predicted octanol–water partition coefficient (Wildman–Crippen LogP) is 7.76. The van der Waals surface area contributed by atoms with E-state index in [0.717, 1.165) is 5.56 Å². The van der Waals surface area contributed by atoms with Gasteiger partial charge in [-0.25, -0.2) is 14.4 Å². The topological polar surface area (TPSA) is 203 Å². The van der Waals surface area contributed by atoms with Gasteiger partial charge in [-0.2, -0.15) is 5.26 Å². The molecule has 71 heavy (non-hydrogen) atoms. The minimum atomic E-state index is -1.52. The van der Waals surface area contributed by atoms with Crippen LogP contribution < -0.4 is 38.5 Å². The molecule has 1 N–H and O–H groups in total. The van der Waals surface area contributed by atoms with Crippen molar-refractivity contribution in [3.63, 3.8) is 0 Å². The highest BCUT2D eigenvalue weighted by molar-refractivity contribution is 7.99. The summed E-state index contributed by atoms with van der Waals surface area (Å²) in [6, 6.07) is 4.53. The van der Waals surface area contributed by atoms with Crippen LogP contribution in [0.15, 0.2) is 30.9 Å². The summed E-state index contributed by atoms with van der Waals surface area (Å²) in [5.41, 5.74) is 1.94. The summed E-state index contributed by atoms with van der Waals surface area (Å²) >= 11 is 1.42. The summed E-state index contributed by atoms with van der Waals surface area (Å²) < 4.78 is 60.4. The Balaban J connectivity index is 1.30. The van der Waals surface area contributed by atoms with Crippen LogP contribution >= 0.6 is 11.8 Å². The van der Waals surface area contributed by atoms with Gasteiger partial charge in [0.15, 0.2) is 40.0 Å². The van der Waals surface area contributed by atoms with Gasteiger partial charge in [-0.15, -0.1) is 18.3 Å². The quantitative estimate of drug-likeness (QED) is 0.0790. The third-order valence-electron chi connectivity index (χ3n) is 13.7. The maximum atomic E-state index is 15.3. The minimum Gasteiger partial charge on any atom is -0.493 e. The standard InChI is InChI=1S/C52H60N4O14S/c1-13-16-55-31-18-29-17-25(2)41(62-12)45(68-49(60)70-51(8,9)10)36(29)39(55)40-46-38-37(44-43(64-24-65-44)26(3)42(38)66-27(4)57)33(56(40)32(31)21-53)22-63-47(58)52(23-71-46)30-20-34(61-11)35(19-28(30)14-15-54-52)67-48(59)69-50(5,6)7/h13,17,19-20,31-33,39-40,46,54H,1,14-16,18,22-24H2,2-12H3/t31?,32-,33-,39?,40?,46+,52+/m0/s1. The highest BCUT2D eigenvalue weighted by Crippen LogP contribution is 2.65. The first-order valence-corrected chi connectivity index (χ1v) is 24.6. The van der Waals surface area contributed by atoms with Crippen LogP contribution in [0.3, 0.4) is 0 Å². The van der Waals surface area contributed by atoms with Gasteiger partial charge in [0.2, 0.25) is 6.79 Å². The number of benzene rings is 3. The first-order chi connectivity index (χ1) is 33.6. The van der Waals surface area contributed by atoms with E-state index >= 15 is 4.79 Å². The van der Waals surface area contributed by atoms with Gasteiger partial charge in [-0.05, 0) is 103 Å². The number of thioether (sulfide) groups is 1. The van der Waals surface area contributed by atoms with Crippen LogP contribution in [-0.4, -0.2) is 110 Å². The van der Waals surface area contributed by atoms with E-state index in [0.29, 0.717) is 82.1 Å². The van der Waals surface area contributed by atoms with Crippen molar-refractivity contribution in [2.75, 3.05) is 46.5 Å². The van der Waals surface area contributed by atoms with E-state index in [2.05, 4.69) is 27.8 Å². The monoisotopic (exact) mass is 996 g/mol. The van der Waals surface area contributed by atoms with Gasteiger partial charge >= 0.3 is 24.2 Å². The number of carbonyl (C=O) groups is 4. The number of esters is 2. The van der Waals surface area contributed by atoms with E-state index < -0.39 is 76.4 Å². The highest BCUT2D eigenvalue weighted by Gasteiger charge is 2.62. The maximum Gasteiger partial charge on any atom is 0.514 e. The minimum absolute atomic E-state index is 0.0283. The van der Waals surface area contributed by atoms with Crippen molar-refractivity contribution in [1.82, 2.24) is 15.1 Å². The van der Waals surface area contributed by atoms with E-state index in [1.54, 1.807) is 66.7 Å². The number of hydrogen-bond donors (Lipinski definition) is 1. The molecule has 0 saturated carbocycles. The first kappa shape index (κ1) is 49.8. The lowest BCUT2D eigenvalue weighted by Crippen LogP contribution is -2.70. The maximum absolute atomic E-state index is 15.3. The molecule has 2 fully saturated rings. The Labute approximate surface area is 417 Å². The molecule has 4 bridgehead atoms. The first-order valence-electron chi connectivity index (χ1n) is 23.6. The number of nitrogens with zero attached hydrogens (tertiary/aromatic N) is 3. The Morgan fingerprint density at radius 3 is 2.25 bits per heavy atom. The normalized spacial score (nSPS) is 25.2. The lowest BCUT2D eigenvalue weighted by Gasteiger charge is -2.62. The Hall–Kier alpha value is -6.20. The van der Waals surface area contributed by atoms with Gasteiger partial charge in [0.05, 0.1) is 37.6 Å². The molecule has 0 aromatic heterocycles. The zero-order valence-corrected chi connectivity index (χ0v) is 42.7. The second-order valence-electron chi connectivity index (χ2n) is 20.5. The molecule has 3 aromatic rings. The molecule has 0 amide bonds. The number of nitrogens with one attached hydrogen (secondary N) is 1. The molecule has 0 radical (unpaired) electrons. The van der Waals surface area contributed by atoms with Crippen molar-refractivity contribution < 1.29 is 66.5 Å². The van der Waals surface area contributed by atoms with Crippen LogP contribution in [-0.2, 0) is 42.2 Å². The number of nitriles is 1. The Morgan fingerprint density at radius 1 is 0.901 bits per heavy atom. The Bertz CT molecular complexity index is 2780. The van der Waals surface area contributed by atoms with Gasteiger partial charge < -0.3 is 47.4 Å². The number of methoxy groups -OCH3 is 2. The van der Waals surface area contributed by atoms with Crippen molar-refractivity contribution >= 4 is 36.0 Å². The van der Waals surface area contributed by atoms with Gasteiger partial charge in [0, 0.05) is 60.1 Å². The van der Waals surface area contributed by atoms with Crippen molar-refractivity contribution in [3.05, 3.63) is 75.4 Å². The SMILES string of the molecule is C=CCN1C2c3c(cc(C)c(OC)c3OC(=O)OC(C)(C)C)CC1[C@H](C#N)N1C2[C@@H]2SC[C@]3(NCCc4cc(OC(=O)OC(C)(C)C)c(OC)cc43)C(=O)OC[C@H]1c1c3c(c(C)c(OC(C)=O)c12)OCO3. The predicted molar refractivity (Wildman–Crippen MR) is 258 cm³/mol. The van der Waals surface area contributed by atoms with Gasteiger partial charge in [-0.3, -0.25) is 19.9 Å². The molecule has 19 heteroatoms. The molecule has 1 spiro atoms. The third kappa shape index (κ3) is 8.55. The summed E-state index contributed by atoms with van der Waals surface area (Å²) in [6.07, 6.45) is 0.760. The number of piperazine rings is 1. The smallest absolute Gasteiger partial charge is 0.493 e. The summed E-state index contributed by atoms with van der Waals surface area (Å²) in [5.74, 6) is 0.715. The molecule has 378 valence electrons. The van der Waals surface area contributed by atoms with Gasteiger partial charge in [-0.1, -0.05) is 12.1 Å². The molecular weight excluding hydrogens is 937 g/mol. The average molecular weight is 997 g/mol. The largest absolute Gasteiger partial charge is 0.514 e. The van der Waals surface area contributed by atoms with Crippen molar-refractivity contribution in [3.8, 4) is 46.3 Å². The second-order valence-corrected chi connectivity index (χ2v) is 21.6. The molecule has 7 heterocycles. The van der Waals surface area contributed by atoms with Gasteiger partial charge in [0.1, 0.15) is 29.6 Å². The number of rotatable bonds is 7. The molecule has 7 aliphatic heterocycles. The highest BCUT2D eigenvalue weighted by atomic mass is 32.2. The number of fused-ring (bicyclic) bond motifs is 9. The summed E-state index contributed by atoms with van der Waals surface area (Å²) in [6.45, 7) is 19.9. The molecule has 3 aromatic carbocycles. The molecular formula is C52H60N4O14S. The summed E-state index contributed by atoms with van der Waals surface area (Å²) in [5, 5.41) is 14.4. The summed E-state index contributed by atoms with van der Waals surface area (Å²) in [4.78, 5) is 59.8. The van der Waals surface area contributed by atoms with Crippen LogP contribution in [0.25, 0.3) is 0 Å². The molecule has 10 rings (SSSR count). The fourth-order valence-electron chi connectivity index (χ4n) is 11.3. The molecule has 3 unspecified atom stereocenters. The van der Waals surface area contributed by atoms with Crippen LogP contribution in [0.5, 0.6) is 40.2 Å². The van der Waals surface area contributed by atoms with Crippen LogP contribution in [0.4, 0.5) is 9.59 Å². The third-order valence-corrected chi connectivity index (χ3v) is 15.2. The second kappa shape index (κ2) is 18.4. The van der Waals surface area contributed by atoms with Crippen LogP contribution in [0.1, 0.15) is 110 Å². The number of carbonyl (C=O) groups excluding carboxylic acids is 4. The van der Waals surface area contributed by atoms with Crippen LogP contribution in [0, 0.1) is 25.2 Å². The van der Waals surface area contributed by atoms with E-state index in [4.69, 9.17) is 47.4 Å². The number of ether oxygens (including phenoxy) is 10. The lowest BCUT2D eigenvalue weighted by atomic mass is 9.71. The van der Waals surface area contributed by atoms with E-state index in [-0.39, 0.29) is 42.2 Å². The molecule has 7 aliphatic rings. The van der Waals surface area contributed by atoms with E-state index in [1.165, 1.54) is 32.9 Å². The summed E-state index contributed by atoms with van der Waals surface area (Å²) in [7, 11) is 2.96. The van der Waals surface area contributed by atoms with Crippen molar-refractivity contribution in [1.29, 1.82) is 5.26 Å².